The summed E-state index contributed by atoms with van der Waals surface area (Å²) in [5.41, 5.74) is 1.55. The Morgan fingerprint density at radius 3 is 2.67 bits per heavy atom. The standard InChI is InChI=1S/C13H16F2O2.C8H10N2O3/c1-7-8(2)17-6-10(7)9-4-5-11(14)12(15)13(9)16-3;11-4-8(13)7-3-6(10-5-12)1-2-9-7/h4-5,7-8,10H,6H2,1-3H3;1-3,5,8,11,13H,4H2,(H,9,10,12). The number of nitrogens with one attached hydrogen (secondary N) is 1. The van der Waals surface area contributed by atoms with Crippen molar-refractivity contribution >= 4 is 12.1 Å². The fourth-order valence-electron chi connectivity index (χ4n) is 3.19. The van der Waals surface area contributed by atoms with E-state index in [2.05, 4.69) is 10.3 Å². The number of hydrogen-bond acceptors (Lipinski definition) is 6. The average Bonchev–Trinajstić information content (AvgIpc) is 3.08. The zero-order valence-electron chi connectivity index (χ0n) is 17.0. The highest BCUT2D eigenvalue weighted by Gasteiger charge is 2.34. The lowest BCUT2D eigenvalue weighted by molar-refractivity contribution is -0.105. The summed E-state index contributed by atoms with van der Waals surface area (Å²) in [7, 11) is 1.35. The molecule has 1 saturated heterocycles. The Bertz CT molecular complexity index is 852. The summed E-state index contributed by atoms with van der Waals surface area (Å²) in [6.07, 6.45) is 1.09. The van der Waals surface area contributed by atoms with Crippen LogP contribution in [0.2, 0.25) is 0 Å². The Balaban J connectivity index is 0.000000222. The molecule has 1 fully saturated rings. The quantitative estimate of drug-likeness (QED) is 0.617. The van der Waals surface area contributed by atoms with Crippen LogP contribution in [0.1, 0.15) is 37.1 Å². The highest BCUT2D eigenvalue weighted by atomic mass is 19.2. The highest BCUT2D eigenvalue weighted by molar-refractivity contribution is 5.70. The highest BCUT2D eigenvalue weighted by Crippen LogP contribution is 2.40. The van der Waals surface area contributed by atoms with E-state index < -0.39 is 24.3 Å². The van der Waals surface area contributed by atoms with Crippen LogP contribution in [0, 0.1) is 17.6 Å². The molecule has 0 radical (unpaired) electrons. The Labute approximate surface area is 173 Å². The van der Waals surface area contributed by atoms with E-state index in [-0.39, 0.29) is 23.7 Å². The number of ether oxygens (including phenoxy) is 2. The number of aliphatic hydroxyl groups excluding tert-OH is 2. The number of anilines is 1. The van der Waals surface area contributed by atoms with Gasteiger partial charge in [-0.25, -0.2) is 4.39 Å². The largest absolute Gasteiger partial charge is 0.493 e. The van der Waals surface area contributed by atoms with E-state index in [4.69, 9.17) is 14.6 Å². The summed E-state index contributed by atoms with van der Waals surface area (Å²) < 4.78 is 37.2. The minimum Gasteiger partial charge on any atom is -0.493 e. The van der Waals surface area contributed by atoms with Crippen LogP contribution >= 0.6 is 0 Å². The minimum atomic E-state index is -1.01. The molecule has 2 aromatic rings. The molecule has 0 aliphatic carbocycles. The van der Waals surface area contributed by atoms with Gasteiger partial charge in [0.2, 0.25) is 12.2 Å². The number of benzene rings is 1. The number of aromatic nitrogens is 1. The van der Waals surface area contributed by atoms with E-state index in [0.29, 0.717) is 30.0 Å². The summed E-state index contributed by atoms with van der Waals surface area (Å²) in [5.74, 6) is -1.50. The molecule has 1 aliphatic rings. The van der Waals surface area contributed by atoms with Crippen LogP contribution in [-0.4, -0.2) is 48.0 Å². The molecule has 2 heterocycles. The fourth-order valence-corrected chi connectivity index (χ4v) is 3.19. The van der Waals surface area contributed by atoms with Crippen molar-refractivity contribution < 1.29 is 33.3 Å². The van der Waals surface area contributed by atoms with Gasteiger partial charge in [0.15, 0.2) is 11.6 Å². The smallest absolute Gasteiger partial charge is 0.211 e. The van der Waals surface area contributed by atoms with Gasteiger partial charge in [-0.1, -0.05) is 13.0 Å². The van der Waals surface area contributed by atoms with Crippen molar-refractivity contribution in [2.45, 2.75) is 32.0 Å². The van der Waals surface area contributed by atoms with Gasteiger partial charge in [0.1, 0.15) is 6.10 Å². The topological polar surface area (TPSA) is 101 Å². The van der Waals surface area contributed by atoms with Crippen LogP contribution < -0.4 is 10.1 Å². The Morgan fingerprint density at radius 1 is 1.37 bits per heavy atom. The van der Waals surface area contributed by atoms with Gasteiger partial charge in [0, 0.05) is 23.4 Å². The fraction of sp³-hybridized carbons (Fsp3) is 0.429. The lowest BCUT2D eigenvalue weighted by Crippen LogP contribution is -2.14. The maximum atomic E-state index is 13.6. The molecule has 1 aromatic carbocycles. The lowest BCUT2D eigenvalue weighted by Gasteiger charge is -2.19. The molecule has 0 saturated carbocycles. The Morgan fingerprint density at radius 2 is 2.10 bits per heavy atom. The lowest BCUT2D eigenvalue weighted by atomic mass is 9.86. The maximum Gasteiger partial charge on any atom is 0.211 e. The number of carbonyl (C=O) groups excluding carboxylic acids is 1. The molecule has 1 aromatic heterocycles. The van der Waals surface area contributed by atoms with Crippen molar-refractivity contribution in [3.05, 3.63) is 53.4 Å². The molecule has 9 heteroatoms. The first-order chi connectivity index (χ1) is 14.3. The predicted octanol–water partition coefficient (Wildman–Crippen LogP) is 2.79. The van der Waals surface area contributed by atoms with E-state index in [1.54, 1.807) is 12.1 Å². The van der Waals surface area contributed by atoms with Crippen LogP contribution in [0.4, 0.5) is 14.5 Å². The van der Waals surface area contributed by atoms with E-state index >= 15 is 0 Å². The van der Waals surface area contributed by atoms with Crippen LogP contribution in [0.15, 0.2) is 30.5 Å². The van der Waals surface area contributed by atoms with Gasteiger partial charge in [-0.3, -0.25) is 9.78 Å². The SMILES string of the molecule is COc1c(C2COC(C)C2C)ccc(F)c1F.O=CNc1ccnc(C(O)CO)c1. The number of carbonyl (C=O) groups is 1. The predicted molar refractivity (Wildman–Crippen MR) is 106 cm³/mol. The molecule has 3 rings (SSSR count). The summed E-state index contributed by atoms with van der Waals surface area (Å²) in [5, 5.41) is 20.2. The molecule has 7 nitrogen and oxygen atoms in total. The van der Waals surface area contributed by atoms with Crippen LogP contribution in [0.3, 0.4) is 0 Å². The first-order valence-electron chi connectivity index (χ1n) is 9.42. The molecular weight excluding hydrogens is 398 g/mol. The number of aliphatic hydroxyl groups is 2. The number of halogens is 2. The first-order valence-corrected chi connectivity index (χ1v) is 9.42. The van der Waals surface area contributed by atoms with Gasteiger partial charge in [-0.2, -0.15) is 4.39 Å². The molecule has 4 unspecified atom stereocenters. The average molecular weight is 424 g/mol. The number of pyridine rings is 1. The van der Waals surface area contributed by atoms with E-state index in [0.717, 1.165) is 6.07 Å². The zero-order valence-corrected chi connectivity index (χ0v) is 17.0. The van der Waals surface area contributed by atoms with Gasteiger partial charge in [-0.15, -0.1) is 0 Å². The third kappa shape index (κ3) is 5.50. The third-order valence-electron chi connectivity index (χ3n) is 5.12. The number of methoxy groups -OCH3 is 1. The van der Waals surface area contributed by atoms with E-state index in [1.165, 1.54) is 19.4 Å². The molecule has 4 atom stereocenters. The maximum absolute atomic E-state index is 13.6. The molecule has 0 spiro atoms. The van der Waals surface area contributed by atoms with Crippen LogP contribution in [0.5, 0.6) is 5.75 Å². The van der Waals surface area contributed by atoms with E-state index in [9.17, 15) is 18.7 Å². The third-order valence-corrected chi connectivity index (χ3v) is 5.12. The van der Waals surface area contributed by atoms with Gasteiger partial charge in [0.25, 0.3) is 0 Å². The monoisotopic (exact) mass is 424 g/mol. The molecule has 30 heavy (non-hydrogen) atoms. The van der Waals surface area contributed by atoms with Gasteiger partial charge >= 0.3 is 0 Å². The summed E-state index contributed by atoms with van der Waals surface area (Å²) in [4.78, 5) is 13.9. The van der Waals surface area contributed by atoms with Gasteiger partial charge in [0.05, 0.1) is 32.1 Å². The van der Waals surface area contributed by atoms with E-state index in [1.807, 2.05) is 13.8 Å². The van der Waals surface area contributed by atoms with Crippen molar-refractivity contribution in [3.63, 3.8) is 0 Å². The van der Waals surface area contributed by atoms with Crippen molar-refractivity contribution in [2.24, 2.45) is 5.92 Å². The molecule has 0 bridgehead atoms. The molecular formula is C21H26F2N2O5. The number of amides is 1. The van der Waals surface area contributed by atoms with Crippen molar-refractivity contribution in [1.82, 2.24) is 4.98 Å². The zero-order chi connectivity index (χ0) is 22.3. The molecule has 3 N–H and O–H groups in total. The number of rotatable bonds is 6. The number of nitrogens with zero attached hydrogens (tertiary/aromatic N) is 1. The minimum absolute atomic E-state index is 0.000417. The normalized spacial score (nSPS) is 21.4. The summed E-state index contributed by atoms with van der Waals surface area (Å²) in [6, 6.07) is 5.81. The Kier molecular flexibility index (Phi) is 8.64. The summed E-state index contributed by atoms with van der Waals surface area (Å²) >= 11 is 0. The molecule has 1 aliphatic heterocycles. The Hall–Kier alpha value is -2.62. The summed E-state index contributed by atoms with van der Waals surface area (Å²) in [6.45, 7) is 4.15. The number of hydrogen-bond donors (Lipinski definition) is 3. The molecule has 164 valence electrons. The second kappa shape index (κ2) is 11.0. The van der Waals surface area contributed by atoms with Crippen LogP contribution in [-0.2, 0) is 9.53 Å². The van der Waals surface area contributed by atoms with Crippen LogP contribution in [0.25, 0.3) is 0 Å². The second-order valence-corrected chi connectivity index (χ2v) is 6.92. The van der Waals surface area contributed by atoms with Gasteiger partial charge < -0.3 is 25.0 Å². The molecule has 1 amide bonds. The van der Waals surface area contributed by atoms with Crippen molar-refractivity contribution in [1.29, 1.82) is 0 Å². The van der Waals surface area contributed by atoms with Crippen molar-refractivity contribution in [3.8, 4) is 5.75 Å². The van der Waals surface area contributed by atoms with Gasteiger partial charge in [-0.05, 0) is 31.0 Å². The first kappa shape index (κ1) is 23.7. The van der Waals surface area contributed by atoms with Crippen molar-refractivity contribution in [2.75, 3.05) is 25.6 Å². The second-order valence-electron chi connectivity index (χ2n) is 6.92.